The van der Waals surface area contributed by atoms with Crippen LogP contribution in [0.15, 0.2) is 47.8 Å². The largest absolute Gasteiger partial charge is 0.302 e. The standard InChI is InChI=1S/C14H13N3O2S2/c18-12(9-10-5-2-1-3-6-10)15-14(20)17-16-13(19)11-7-4-8-21-11/h1-8H,9H2,(H,16,19)(H2,15,17,18,20). The second-order valence-electron chi connectivity index (χ2n) is 4.10. The molecule has 0 spiro atoms. The van der Waals surface area contributed by atoms with Crippen LogP contribution in [0.25, 0.3) is 0 Å². The molecule has 5 nitrogen and oxygen atoms in total. The van der Waals surface area contributed by atoms with Gasteiger partial charge in [0.15, 0.2) is 5.11 Å². The number of rotatable bonds is 3. The van der Waals surface area contributed by atoms with E-state index in [1.54, 1.807) is 17.5 Å². The van der Waals surface area contributed by atoms with Gasteiger partial charge in [0.25, 0.3) is 5.91 Å². The number of carbonyl (C=O) groups is 2. The summed E-state index contributed by atoms with van der Waals surface area (Å²) in [6.45, 7) is 0. The first-order chi connectivity index (χ1) is 10.1. The van der Waals surface area contributed by atoms with Gasteiger partial charge in [-0.2, -0.15) is 0 Å². The second-order valence-corrected chi connectivity index (χ2v) is 5.45. The minimum Gasteiger partial charge on any atom is -0.302 e. The molecular weight excluding hydrogens is 306 g/mol. The van der Waals surface area contributed by atoms with Crippen molar-refractivity contribution in [2.75, 3.05) is 0 Å². The van der Waals surface area contributed by atoms with Gasteiger partial charge in [0.2, 0.25) is 5.91 Å². The topological polar surface area (TPSA) is 70.2 Å². The summed E-state index contributed by atoms with van der Waals surface area (Å²) in [7, 11) is 0. The monoisotopic (exact) mass is 319 g/mol. The molecule has 0 aliphatic heterocycles. The van der Waals surface area contributed by atoms with Gasteiger partial charge in [-0.3, -0.25) is 20.4 Å². The highest BCUT2D eigenvalue weighted by molar-refractivity contribution is 7.80. The van der Waals surface area contributed by atoms with Gasteiger partial charge in [-0.25, -0.2) is 0 Å². The fourth-order valence-corrected chi connectivity index (χ4v) is 2.35. The Kier molecular flexibility index (Phi) is 5.42. The predicted octanol–water partition coefficient (Wildman–Crippen LogP) is 1.63. The summed E-state index contributed by atoms with van der Waals surface area (Å²) in [6, 6.07) is 12.8. The molecule has 0 atom stereocenters. The Morgan fingerprint density at radius 3 is 2.48 bits per heavy atom. The zero-order chi connectivity index (χ0) is 15.1. The quantitative estimate of drug-likeness (QED) is 0.594. The van der Waals surface area contributed by atoms with E-state index in [9.17, 15) is 9.59 Å². The fraction of sp³-hybridized carbons (Fsp3) is 0.0714. The first kappa shape index (κ1) is 15.1. The average molecular weight is 319 g/mol. The molecule has 21 heavy (non-hydrogen) atoms. The SMILES string of the molecule is O=C(Cc1ccccc1)NC(=S)NNC(=O)c1cccs1. The number of carbonyl (C=O) groups excluding carboxylic acids is 2. The Morgan fingerprint density at radius 1 is 1.05 bits per heavy atom. The molecule has 7 heteroatoms. The minimum absolute atomic E-state index is 0.0563. The highest BCUT2D eigenvalue weighted by atomic mass is 32.1. The Labute approximate surface area is 131 Å². The zero-order valence-electron chi connectivity index (χ0n) is 11.0. The van der Waals surface area contributed by atoms with E-state index in [-0.39, 0.29) is 23.3 Å². The van der Waals surface area contributed by atoms with Crippen molar-refractivity contribution < 1.29 is 9.59 Å². The van der Waals surface area contributed by atoms with Gasteiger partial charge in [-0.05, 0) is 29.2 Å². The highest BCUT2D eigenvalue weighted by Crippen LogP contribution is 2.06. The molecule has 3 N–H and O–H groups in total. The van der Waals surface area contributed by atoms with E-state index in [2.05, 4.69) is 16.2 Å². The summed E-state index contributed by atoms with van der Waals surface area (Å²) in [5.41, 5.74) is 5.80. The van der Waals surface area contributed by atoms with Crippen LogP contribution in [0.2, 0.25) is 0 Å². The molecule has 0 unspecified atom stereocenters. The first-order valence-corrected chi connectivity index (χ1v) is 7.41. The lowest BCUT2D eigenvalue weighted by atomic mass is 10.1. The van der Waals surface area contributed by atoms with Crippen molar-refractivity contribution in [2.45, 2.75) is 6.42 Å². The highest BCUT2D eigenvalue weighted by Gasteiger charge is 2.08. The van der Waals surface area contributed by atoms with Crippen molar-refractivity contribution in [3.63, 3.8) is 0 Å². The van der Waals surface area contributed by atoms with Crippen LogP contribution >= 0.6 is 23.6 Å². The maximum absolute atomic E-state index is 11.7. The van der Waals surface area contributed by atoms with Gasteiger partial charge in [-0.1, -0.05) is 36.4 Å². The summed E-state index contributed by atoms with van der Waals surface area (Å²) in [5.74, 6) is -0.547. The smallest absolute Gasteiger partial charge is 0.279 e. The number of nitrogens with one attached hydrogen (secondary N) is 3. The summed E-state index contributed by atoms with van der Waals surface area (Å²) in [5, 5.41) is 4.36. The number of hydrazine groups is 1. The number of thiophene rings is 1. The van der Waals surface area contributed by atoms with E-state index in [1.807, 2.05) is 30.3 Å². The molecule has 1 aromatic carbocycles. The summed E-state index contributed by atoms with van der Waals surface area (Å²) in [6.07, 6.45) is 0.224. The molecule has 0 aliphatic carbocycles. The van der Waals surface area contributed by atoms with Crippen molar-refractivity contribution in [2.24, 2.45) is 0 Å². The fourth-order valence-electron chi connectivity index (χ4n) is 1.57. The van der Waals surface area contributed by atoms with Gasteiger partial charge in [0, 0.05) is 0 Å². The maximum atomic E-state index is 11.7. The molecule has 2 aromatic rings. The molecule has 0 radical (unpaired) electrons. The molecule has 0 saturated heterocycles. The Hall–Kier alpha value is -2.25. The molecule has 2 amide bonds. The van der Waals surface area contributed by atoms with E-state index in [0.717, 1.165) is 5.56 Å². The number of benzene rings is 1. The molecule has 1 heterocycles. The van der Waals surface area contributed by atoms with E-state index in [4.69, 9.17) is 12.2 Å². The number of hydrogen-bond donors (Lipinski definition) is 3. The zero-order valence-corrected chi connectivity index (χ0v) is 12.6. The van der Waals surface area contributed by atoms with Gasteiger partial charge < -0.3 is 5.32 Å². The Morgan fingerprint density at radius 2 is 1.81 bits per heavy atom. The third kappa shape index (κ3) is 4.97. The summed E-state index contributed by atoms with van der Waals surface area (Å²) >= 11 is 6.26. The third-order valence-corrected chi connectivity index (χ3v) is 3.57. The van der Waals surface area contributed by atoms with E-state index in [0.29, 0.717) is 4.88 Å². The van der Waals surface area contributed by atoms with Crippen molar-refractivity contribution in [1.82, 2.24) is 16.2 Å². The predicted molar refractivity (Wildman–Crippen MR) is 85.8 cm³/mol. The Bertz CT molecular complexity index is 627. The summed E-state index contributed by atoms with van der Waals surface area (Å²) < 4.78 is 0. The van der Waals surface area contributed by atoms with Gasteiger partial charge in [0.05, 0.1) is 11.3 Å². The van der Waals surface area contributed by atoms with Crippen LogP contribution in [-0.2, 0) is 11.2 Å². The molecule has 1 aromatic heterocycles. The number of thiocarbonyl (C=S) groups is 1. The summed E-state index contributed by atoms with van der Waals surface area (Å²) in [4.78, 5) is 24.0. The lowest BCUT2D eigenvalue weighted by molar-refractivity contribution is -0.119. The molecule has 0 aliphatic rings. The van der Waals surface area contributed by atoms with Crippen LogP contribution in [0.4, 0.5) is 0 Å². The second kappa shape index (κ2) is 7.51. The Balaban J connectivity index is 1.74. The van der Waals surface area contributed by atoms with Crippen LogP contribution < -0.4 is 16.2 Å². The van der Waals surface area contributed by atoms with Crippen LogP contribution in [-0.4, -0.2) is 16.9 Å². The lowest BCUT2D eigenvalue weighted by Crippen LogP contribution is -2.48. The molecule has 108 valence electrons. The van der Waals surface area contributed by atoms with Crippen LogP contribution in [0.3, 0.4) is 0 Å². The van der Waals surface area contributed by atoms with E-state index >= 15 is 0 Å². The molecule has 0 fully saturated rings. The van der Waals surface area contributed by atoms with Gasteiger partial charge in [-0.15, -0.1) is 11.3 Å². The van der Waals surface area contributed by atoms with E-state index in [1.165, 1.54) is 11.3 Å². The molecule has 0 bridgehead atoms. The van der Waals surface area contributed by atoms with Crippen molar-refractivity contribution in [1.29, 1.82) is 0 Å². The minimum atomic E-state index is -0.301. The average Bonchev–Trinajstić information content (AvgIpc) is 3.00. The van der Waals surface area contributed by atoms with Crippen molar-refractivity contribution in [3.05, 3.63) is 58.3 Å². The van der Waals surface area contributed by atoms with Crippen LogP contribution in [0.1, 0.15) is 15.2 Å². The number of hydrogen-bond acceptors (Lipinski definition) is 4. The van der Waals surface area contributed by atoms with Crippen molar-refractivity contribution >= 4 is 40.5 Å². The molecule has 0 saturated carbocycles. The normalized spacial score (nSPS) is 9.71. The van der Waals surface area contributed by atoms with Crippen LogP contribution in [0, 0.1) is 0 Å². The lowest BCUT2D eigenvalue weighted by Gasteiger charge is -2.10. The van der Waals surface area contributed by atoms with Crippen LogP contribution in [0.5, 0.6) is 0 Å². The first-order valence-electron chi connectivity index (χ1n) is 6.13. The van der Waals surface area contributed by atoms with Gasteiger partial charge in [0.1, 0.15) is 0 Å². The van der Waals surface area contributed by atoms with Gasteiger partial charge >= 0.3 is 0 Å². The van der Waals surface area contributed by atoms with E-state index < -0.39 is 0 Å². The van der Waals surface area contributed by atoms with Crippen molar-refractivity contribution in [3.8, 4) is 0 Å². The third-order valence-electron chi connectivity index (χ3n) is 2.49. The molecular formula is C14H13N3O2S2. The molecule has 2 rings (SSSR count). The maximum Gasteiger partial charge on any atom is 0.279 e. The number of amides is 2.